The largest absolute Gasteiger partial charge is 0.444 e. The third-order valence-corrected chi connectivity index (χ3v) is 5.32. The maximum atomic E-state index is 12.4. The highest BCUT2D eigenvalue weighted by molar-refractivity contribution is 7.92. The lowest BCUT2D eigenvalue weighted by Gasteiger charge is -2.09. The van der Waals surface area contributed by atoms with E-state index >= 15 is 0 Å². The van der Waals surface area contributed by atoms with Gasteiger partial charge in [0, 0.05) is 11.3 Å². The highest BCUT2D eigenvalue weighted by Gasteiger charge is 2.15. The standard InChI is InChI=1S/C19H19N3O4S/c1-13-14(2)26-18(21-13)12-20-19(23)15-8-10-17(11-9-15)27(24,25)22-16-6-4-3-5-7-16/h3-11,22H,12H2,1-2H3,(H,20,23). The number of nitrogens with one attached hydrogen (secondary N) is 2. The number of rotatable bonds is 6. The van der Waals surface area contributed by atoms with E-state index in [0.29, 0.717) is 22.9 Å². The lowest BCUT2D eigenvalue weighted by atomic mass is 10.2. The molecule has 0 aliphatic rings. The summed E-state index contributed by atoms with van der Waals surface area (Å²) >= 11 is 0. The van der Waals surface area contributed by atoms with E-state index in [1.165, 1.54) is 24.3 Å². The summed E-state index contributed by atoms with van der Waals surface area (Å²) in [5, 5.41) is 2.69. The first-order chi connectivity index (χ1) is 12.8. The molecule has 0 saturated heterocycles. The molecule has 0 bridgehead atoms. The van der Waals surface area contributed by atoms with Crippen molar-refractivity contribution in [3.05, 3.63) is 77.5 Å². The summed E-state index contributed by atoms with van der Waals surface area (Å²) in [7, 11) is -3.72. The van der Waals surface area contributed by atoms with E-state index in [1.807, 2.05) is 6.92 Å². The number of hydrogen-bond acceptors (Lipinski definition) is 5. The summed E-state index contributed by atoms with van der Waals surface area (Å²) in [5.41, 5.74) is 1.59. The van der Waals surface area contributed by atoms with Gasteiger partial charge in [-0.1, -0.05) is 18.2 Å². The zero-order valence-corrected chi connectivity index (χ0v) is 15.7. The fraction of sp³-hybridized carbons (Fsp3) is 0.158. The van der Waals surface area contributed by atoms with Gasteiger partial charge in [0.25, 0.3) is 15.9 Å². The molecular weight excluding hydrogens is 366 g/mol. The fourth-order valence-corrected chi connectivity index (χ4v) is 3.44. The van der Waals surface area contributed by atoms with Gasteiger partial charge in [0.1, 0.15) is 5.76 Å². The first-order valence-corrected chi connectivity index (χ1v) is 9.72. The van der Waals surface area contributed by atoms with Crippen molar-refractivity contribution in [1.29, 1.82) is 0 Å². The van der Waals surface area contributed by atoms with Crippen molar-refractivity contribution in [2.45, 2.75) is 25.3 Å². The molecule has 1 amide bonds. The smallest absolute Gasteiger partial charge is 0.261 e. The van der Waals surface area contributed by atoms with Crippen molar-refractivity contribution >= 4 is 21.6 Å². The Morgan fingerprint density at radius 3 is 2.30 bits per heavy atom. The van der Waals surface area contributed by atoms with Crippen LogP contribution in [0, 0.1) is 13.8 Å². The minimum Gasteiger partial charge on any atom is -0.444 e. The van der Waals surface area contributed by atoms with E-state index in [1.54, 1.807) is 37.3 Å². The van der Waals surface area contributed by atoms with Gasteiger partial charge >= 0.3 is 0 Å². The van der Waals surface area contributed by atoms with Gasteiger partial charge in [0.2, 0.25) is 5.89 Å². The van der Waals surface area contributed by atoms with E-state index in [4.69, 9.17) is 4.42 Å². The summed E-state index contributed by atoms with van der Waals surface area (Å²) in [4.78, 5) is 16.5. The molecule has 1 heterocycles. The Bertz CT molecular complexity index is 1020. The van der Waals surface area contributed by atoms with E-state index in [0.717, 1.165) is 5.69 Å². The van der Waals surface area contributed by atoms with Crippen LogP contribution in [-0.2, 0) is 16.6 Å². The number of para-hydroxylation sites is 1. The number of anilines is 1. The topological polar surface area (TPSA) is 101 Å². The Hall–Kier alpha value is -3.13. The van der Waals surface area contributed by atoms with Crippen LogP contribution in [0.5, 0.6) is 0 Å². The van der Waals surface area contributed by atoms with Crippen LogP contribution in [0.15, 0.2) is 63.9 Å². The average molecular weight is 385 g/mol. The van der Waals surface area contributed by atoms with Gasteiger partial charge in [0.15, 0.2) is 0 Å². The second-order valence-corrected chi connectivity index (χ2v) is 7.61. The molecule has 27 heavy (non-hydrogen) atoms. The van der Waals surface area contributed by atoms with Crippen LogP contribution in [-0.4, -0.2) is 19.3 Å². The number of oxazole rings is 1. The second-order valence-electron chi connectivity index (χ2n) is 5.93. The fourth-order valence-electron chi connectivity index (χ4n) is 2.38. The molecule has 0 fully saturated rings. The molecule has 0 spiro atoms. The van der Waals surface area contributed by atoms with E-state index in [-0.39, 0.29) is 17.3 Å². The molecular formula is C19H19N3O4S. The van der Waals surface area contributed by atoms with Gasteiger partial charge in [-0.2, -0.15) is 0 Å². The van der Waals surface area contributed by atoms with Gasteiger partial charge in [-0.05, 0) is 50.2 Å². The van der Waals surface area contributed by atoms with Gasteiger partial charge < -0.3 is 9.73 Å². The predicted molar refractivity (Wildman–Crippen MR) is 101 cm³/mol. The number of carbonyl (C=O) groups excluding carboxylic acids is 1. The highest BCUT2D eigenvalue weighted by atomic mass is 32.2. The van der Waals surface area contributed by atoms with Crippen molar-refractivity contribution in [2.24, 2.45) is 0 Å². The summed E-state index contributed by atoms with van der Waals surface area (Å²) in [6.45, 7) is 3.78. The maximum Gasteiger partial charge on any atom is 0.261 e. The Kier molecular flexibility index (Phi) is 5.27. The molecule has 0 aliphatic heterocycles. The molecule has 2 aromatic carbocycles. The molecule has 3 rings (SSSR count). The van der Waals surface area contributed by atoms with Crippen molar-refractivity contribution in [3.8, 4) is 0 Å². The lowest BCUT2D eigenvalue weighted by Crippen LogP contribution is -2.23. The molecule has 0 saturated carbocycles. The first kappa shape index (κ1) is 18.7. The molecule has 8 heteroatoms. The van der Waals surface area contributed by atoms with Crippen LogP contribution in [0.4, 0.5) is 5.69 Å². The number of nitrogens with zero attached hydrogens (tertiary/aromatic N) is 1. The number of carbonyl (C=O) groups is 1. The number of aryl methyl sites for hydroxylation is 2. The SMILES string of the molecule is Cc1nc(CNC(=O)c2ccc(S(=O)(=O)Nc3ccccc3)cc2)oc1C. The minimum atomic E-state index is -3.72. The zero-order chi connectivity index (χ0) is 19.4. The molecule has 0 unspecified atom stereocenters. The normalized spacial score (nSPS) is 11.2. The highest BCUT2D eigenvalue weighted by Crippen LogP contribution is 2.16. The first-order valence-electron chi connectivity index (χ1n) is 8.24. The average Bonchev–Trinajstić information content (AvgIpc) is 2.98. The Balaban J connectivity index is 1.66. The van der Waals surface area contributed by atoms with Crippen LogP contribution >= 0.6 is 0 Å². The van der Waals surface area contributed by atoms with Crippen LogP contribution in [0.2, 0.25) is 0 Å². The number of benzene rings is 2. The number of hydrogen-bond donors (Lipinski definition) is 2. The predicted octanol–water partition coefficient (Wildman–Crippen LogP) is 3.02. The maximum absolute atomic E-state index is 12.4. The van der Waals surface area contributed by atoms with Gasteiger partial charge in [-0.15, -0.1) is 0 Å². The lowest BCUT2D eigenvalue weighted by molar-refractivity contribution is 0.0947. The van der Waals surface area contributed by atoms with E-state index < -0.39 is 10.0 Å². The third kappa shape index (κ3) is 4.53. The monoisotopic (exact) mass is 385 g/mol. The molecule has 140 valence electrons. The van der Waals surface area contributed by atoms with Crippen molar-refractivity contribution in [3.63, 3.8) is 0 Å². The molecule has 7 nitrogen and oxygen atoms in total. The number of aromatic nitrogens is 1. The zero-order valence-electron chi connectivity index (χ0n) is 14.9. The summed E-state index contributed by atoms with van der Waals surface area (Å²) < 4.78 is 32.7. The van der Waals surface area contributed by atoms with E-state index in [9.17, 15) is 13.2 Å². The van der Waals surface area contributed by atoms with Crippen molar-refractivity contribution < 1.29 is 17.6 Å². The Labute approximate surface area is 157 Å². The Morgan fingerprint density at radius 1 is 1.04 bits per heavy atom. The summed E-state index contributed by atoms with van der Waals surface area (Å²) in [6.07, 6.45) is 0. The third-order valence-electron chi connectivity index (χ3n) is 3.93. The van der Waals surface area contributed by atoms with Crippen LogP contribution in [0.25, 0.3) is 0 Å². The van der Waals surface area contributed by atoms with Gasteiger partial charge in [-0.25, -0.2) is 13.4 Å². The summed E-state index contributed by atoms with van der Waals surface area (Å²) in [5.74, 6) is 0.785. The number of sulfonamides is 1. The van der Waals surface area contributed by atoms with Crippen LogP contribution in [0.1, 0.15) is 27.7 Å². The molecule has 0 radical (unpaired) electrons. The molecule has 0 atom stereocenters. The quantitative estimate of drug-likeness (QED) is 0.679. The second kappa shape index (κ2) is 7.63. The summed E-state index contributed by atoms with van der Waals surface area (Å²) in [6, 6.07) is 14.3. The van der Waals surface area contributed by atoms with E-state index in [2.05, 4.69) is 15.0 Å². The molecule has 1 aromatic heterocycles. The molecule has 2 N–H and O–H groups in total. The van der Waals surface area contributed by atoms with Gasteiger partial charge in [0.05, 0.1) is 17.1 Å². The molecule has 3 aromatic rings. The van der Waals surface area contributed by atoms with Crippen molar-refractivity contribution in [2.75, 3.05) is 4.72 Å². The molecule has 0 aliphatic carbocycles. The van der Waals surface area contributed by atoms with Crippen LogP contribution < -0.4 is 10.0 Å². The minimum absolute atomic E-state index is 0.0712. The number of amides is 1. The van der Waals surface area contributed by atoms with Crippen LogP contribution in [0.3, 0.4) is 0 Å². The van der Waals surface area contributed by atoms with Gasteiger partial charge in [-0.3, -0.25) is 9.52 Å². The van der Waals surface area contributed by atoms with Crippen molar-refractivity contribution in [1.82, 2.24) is 10.3 Å². The Morgan fingerprint density at radius 2 is 1.70 bits per heavy atom.